The van der Waals surface area contributed by atoms with Crippen LogP contribution in [0.15, 0.2) is 0 Å². The average molecular weight is 1380 g/mol. The lowest BCUT2D eigenvalue weighted by Crippen LogP contribution is -2.30. The number of hydrogen-bond acceptors (Lipinski definition) is 15. The summed E-state index contributed by atoms with van der Waals surface area (Å²) in [6, 6.07) is 0. The summed E-state index contributed by atoms with van der Waals surface area (Å²) < 4.78 is 68.5. The summed E-state index contributed by atoms with van der Waals surface area (Å²) in [5.74, 6) is 0.991. The summed E-state index contributed by atoms with van der Waals surface area (Å²) in [5, 5.41) is 10.6. The Morgan fingerprint density at radius 1 is 0.298 bits per heavy atom. The largest absolute Gasteiger partial charge is 0.472 e. The van der Waals surface area contributed by atoms with Crippen molar-refractivity contribution in [1.82, 2.24) is 0 Å². The highest BCUT2D eigenvalue weighted by Crippen LogP contribution is 2.45. The minimum atomic E-state index is -4.96. The van der Waals surface area contributed by atoms with Crippen LogP contribution in [0.4, 0.5) is 0 Å². The molecule has 0 aromatic heterocycles. The van der Waals surface area contributed by atoms with Gasteiger partial charge in [-0.15, -0.1) is 0 Å². The Hall–Kier alpha value is -1.94. The Morgan fingerprint density at radius 3 is 0.755 bits per heavy atom. The first-order chi connectivity index (χ1) is 45.2. The highest BCUT2D eigenvalue weighted by Gasteiger charge is 2.30. The second-order valence-corrected chi connectivity index (χ2v) is 31.1. The predicted molar refractivity (Wildman–Crippen MR) is 381 cm³/mol. The number of rotatable bonds is 72. The van der Waals surface area contributed by atoms with Crippen LogP contribution in [-0.2, 0) is 65.4 Å². The molecule has 0 amide bonds. The molecule has 0 aromatic rings. The van der Waals surface area contributed by atoms with Crippen molar-refractivity contribution in [3.8, 4) is 0 Å². The van der Waals surface area contributed by atoms with Crippen molar-refractivity contribution in [2.75, 3.05) is 39.6 Å². The first kappa shape index (κ1) is 92.1. The fourth-order valence-corrected chi connectivity index (χ4v) is 12.9. The van der Waals surface area contributed by atoms with Crippen molar-refractivity contribution < 1.29 is 80.2 Å². The lowest BCUT2D eigenvalue weighted by Gasteiger charge is -2.21. The Bertz CT molecular complexity index is 1860. The summed E-state index contributed by atoms with van der Waals surface area (Å²) in [5.41, 5.74) is 0. The number of carbonyl (C=O) groups is 4. The van der Waals surface area contributed by atoms with Gasteiger partial charge in [0.2, 0.25) is 0 Å². The van der Waals surface area contributed by atoms with Gasteiger partial charge in [-0.3, -0.25) is 37.3 Å². The number of phosphoric acid groups is 2. The van der Waals surface area contributed by atoms with E-state index in [9.17, 15) is 43.2 Å². The van der Waals surface area contributed by atoms with Gasteiger partial charge in [0.1, 0.15) is 19.3 Å². The first-order valence-electron chi connectivity index (χ1n) is 38.8. The minimum absolute atomic E-state index is 0.105. The van der Waals surface area contributed by atoms with Crippen LogP contribution in [0.3, 0.4) is 0 Å². The molecular formula is C75H146O17P2. The third kappa shape index (κ3) is 64.7. The van der Waals surface area contributed by atoms with E-state index in [4.69, 9.17) is 37.0 Å². The SMILES string of the molecule is CCC(C)CCCCCCCCCCCCCCCCC(=O)OC[C@H](COP(=O)(O)OC[C@@H](O)COP(=O)(O)OC[C@@H](COC(=O)CCCCCCCCC(C)CC)OC(=O)CCCCCCCCCCCCCC(C)C)OC(=O)CCCCCCCCCCC(C)CC. The average Bonchev–Trinajstić information content (AvgIpc) is 1.14. The van der Waals surface area contributed by atoms with Crippen LogP contribution in [0.2, 0.25) is 0 Å². The van der Waals surface area contributed by atoms with Crippen LogP contribution in [0.25, 0.3) is 0 Å². The van der Waals surface area contributed by atoms with Crippen LogP contribution >= 0.6 is 15.6 Å². The van der Waals surface area contributed by atoms with Gasteiger partial charge < -0.3 is 33.8 Å². The van der Waals surface area contributed by atoms with E-state index in [1.54, 1.807) is 0 Å². The van der Waals surface area contributed by atoms with Gasteiger partial charge in [-0.25, -0.2) is 9.13 Å². The van der Waals surface area contributed by atoms with Gasteiger partial charge >= 0.3 is 39.5 Å². The Labute approximate surface area is 575 Å². The molecule has 0 saturated carbocycles. The second kappa shape index (κ2) is 64.4. The van der Waals surface area contributed by atoms with Gasteiger partial charge in [0.25, 0.3) is 0 Å². The van der Waals surface area contributed by atoms with Crippen LogP contribution in [0.5, 0.6) is 0 Å². The zero-order chi connectivity index (χ0) is 69.6. The third-order valence-corrected chi connectivity index (χ3v) is 20.3. The second-order valence-electron chi connectivity index (χ2n) is 28.2. The van der Waals surface area contributed by atoms with Gasteiger partial charge in [0.15, 0.2) is 12.2 Å². The number of unbranched alkanes of at least 4 members (excludes halogenated alkanes) is 35. The van der Waals surface area contributed by atoms with E-state index in [2.05, 4.69) is 55.4 Å². The van der Waals surface area contributed by atoms with E-state index in [1.807, 2.05) is 0 Å². The molecule has 8 atom stereocenters. The Kier molecular flexibility index (Phi) is 63.1. The molecule has 19 heteroatoms. The van der Waals surface area contributed by atoms with Crippen LogP contribution < -0.4 is 0 Å². The summed E-state index contributed by atoms with van der Waals surface area (Å²) in [6.07, 6.45) is 48.5. The Morgan fingerprint density at radius 2 is 0.511 bits per heavy atom. The zero-order valence-electron chi connectivity index (χ0n) is 61.6. The summed E-state index contributed by atoms with van der Waals surface area (Å²) >= 11 is 0. The van der Waals surface area contributed by atoms with Gasteiger partial charge in [0.05, 0.1) is 26.4 Å². The molecule has 0 saturated heterocycles. The van der Waals surface area contributed by atoms with Gasteiger partial charge in [0, 0.05) is 25.7 Å². The predicted octanol–water partition coefficient (Wildman–Crippen LogP) is 21.7. The number of aliphatic hydroxyl groups is 1. The van der Waals surface area contributed by atoms with Gasteiger partial charge in [-0.2, -0.15) is 0 Å². The van der Waals surface area contributed by atoms with E-state index in [-0.39, 0.29) is 25.7 Å². The molecule has 0 rings (SSSR count). The lowest BCUT2D eigenvalue weighted by atomic mass is 9.99. The molecular weight excluding hydrogens is 1230 g/mol. The van der Waals surface area contributed by atoms with E-state index in [1.165, 1.54) is 173 Å². The van der Waals surface area contributed by atoms with Crippen molar-refractivity contribution in [2.24, 2.45) is 23.7 Å². The standard InChI is InChI=1S/C75H146O17P2/c1-9-66(6)52-44-36-28-22-18-14-12-13-15-19-23-30-39-47-55-72(77)85-61-70(92-75(80)58-50-42-32-26-25-29-37-45-53-67(7)10-2)63-89-93(81,82)87-59-69(76)60-88-94(83,84)90-64-71(62-86-73(78)56-48-40-34-33-38-46-54-68(8)11-3)91-74(79)57-49-41-31-24-20-16-17-21-27-35-43-51-65(4)5/h65-71,76H,9-64H2,1-8H3,(H,81,82)(H,83,84)/t66?,67?,68?,69-,70-,71-/m1/s1. The highest BCUT2D eigenvalue weighted by molar-refractivity contribution is 7.47. The maximum atomic E-state index is 13.1. The first-order valence-corrected chi connectivity index (χ1v) is 41.8. The fraction of sp³-hybridized carbons (Fsp3) is 0.947. The van der Waals surface area contributed by atoms with Crippen molar-refractivity contribution in [3.63, 3.8) is 0 Å². The quantitative estimate of drug-likeness (QED) is 0.0222. The molecule has 558 valence electrons. The van der Waals surface area contributed by atoms with Crippen LogP contribution in [0, 0.1) is 23.7 Å². The number of carbonyl (C=O) groups excluding carboxylic acids is 4. The maximum absolute atomic E-state index is 13.1. The minimum Gasteiger partial charge on any atom is -0.462 e. The number of aliphatic hydroxyl groups excluding tert-OH is 1. The molecule has 0 bridgehead atoms. The molecule has 0 aromatic carbocycles. The Balaban J connectivity index is 5.23. The van der Waals surface area contributed by atoms with E-state index in [0.29, 0.717) is 25.7 Å². The third-order valence-electron chi connectivity index (χ3n) is 18.4. The van der Waals surface area contributed by atoms with Crippen LogP contribution in [-0.4, -0.2) is 96.7 Å². The van der Waals surface area contributed by atoms with Crippen molar-refractivity contribution in [2.45, 2.75) is 395 Å². The van der Waals surface area contributed by atoms with E-state index >= 15 is 0 Å². The molecule has 0 aliphatic carbocycles. The van der Waals surface area contributed by atoms with Gasteiger partial charge in [-0.1, -0.05) is 325 Å². The molecule has 3 N–H and O–H groups in total. The zero-order valence-corrected chi connectivity index (χ0v) is 63.4. The van der Waals surface area contributed by atoms with Gasteiger partial charge in [-0.05, 0) is 49.4 Å². The summed E-state index contributed by atoms with van der Waals surface area (Å²) in [4.78, 5) is 72.8. The smallest absolute Gasteiger partial charge is 0.462 e. The van der Waals surface area contributed by atoms with Crippen LogP contribution in [0.1, 0.15) is 376 Å². The molecule has 0 fully saturated rings. The molecule has 0 spiro atoms. The molecule has 0 heterocycles. The molecule has 0 aliphatic heterocycles. The fourth-order valence-electron chi connectivity index (χ4n) is 11.3. The molecule has 94 heavy (non-hydrogen) atoms. The van der Waals surface area contributed by atoms with E-state index in [0.717, 1.165) is 120 Å². The number of hydrogen-bond donors (Lipinski definition) is 3. The molecule has 17 nitrogen and oxygen atoms in total. The van der Waals surface area contributed by atoms with Crippen molar-refractivity contribution >= 4 is 39.5 Å². The summed E-state index contributed by atoms with van der Waals surface area (Å²) in [6.45, 7) is 14.2. The normalized spacial score (nSPS) is 15.0. The van der Waals surface area contributed by atoms with Crippen molar-refractivity contribution in [3.05, 3.63) is 0 Å². The summed E-state index contributed by atoms with van der Waals surface area (Å²) in [7, 11) is -9.91. The maximum Gasteiger partial charge on any atom is 0.472 e. The number of ether oxygens (including phenoxy) is 4. The monoisotopic (exact) mass is 1380 g/mol. The number of esters is 4. The molecule has 0 radical (unpaired) electrons. The lowest BCUT2D eigenvalue weighted by molar-refractivity contribution is -0.161. The topological polar surface area (TPSA) is 237 Å². The number of phosphoric ester groups is 2. The van der Waals surface area contributed by atoms with Crippen molar-refractivity contribution in [1.29, 1.82) is 0 Å². The van der Waals surface area contributed by atoms with E-state index < -0.39 is 97.5 Å². The molecule has 0 aliphatic rings. The highest BCUT2D eigenvalue weighted by atomic mass is 31.2. The molecule has 5 unspecified atom stereocenters.